The molecule has 3 nitrogen and oxygen atoms in total. The third-order valence-electron chi connectivity index (χ3n) is 3.09. The molecule has 1 aromatic heterocycles. The highest BCUT2D eigenvalue weighted by Gasteiger charge is 2.12. The van der Waals surface area contributed by atoms with Crippen LogP contribution in [0.25, 0.3) is 23.4 Å². The van der Waals surface area contributed by atoms with Crippen LogP contribution < -0.4 is 5.11 Å². The number of carboxylic acids is 1. The van der Waals surface area contributed by atoms with Crippen LogP contribution in [-0.4, -0.2) is 11.0 Å². The summed E-state index contributed by atoms with van der Waals surface area (Å²) in [5.74, 6) is -1.20. The van der Waals surface area contributed by atoms with Crippen LogP contribution in [0.5, 0.6) is 0 Å². The Morgan fingerprint density at radius 3 is 2.23 bits per heavy atom. The van der Waals surface area contributed by atoms with Crippen LogP contribution >= 0.6 is 11.3 Å². The smallest absolute Gasteiger partial charge is 0.117 e. The molecule has 2 aromatic carbocycles. The van der Waals surface area contributed by atoms with E-state index < -0.39 is 5.97 Å². The van der Waals surface area contributed by atoms with Crippen LogP contribution in [0.2, 0.25) is 0 Å². The fourth-order valence-corrected chi connectivity index (χ4v) is 2.90. The maximum Gasteiger partial charge on any atom is 0.117 e. The number of hydrogen-bond donors (Lipinski definition) is 0. The molecule has 0 fully saturated rings. The van der Waals surface area contributed by atoms with Crippen LogP contribution in [0.1, 0.15) is 20.2 Å². The molecule has 0 atom stereocenters. The molecule has 22 heavy (non-hydrogen) atoms. The number of hydrogen-bond acceptors (Lipinski definition) is 4. The van der Waals surface area contributed by atoms with Gasteiger partial charge >= 0.3 is 0 Å². The van der Waals surface area contributed by atoms with E-state index in [0.29, 0.717) is 10.7 Å². The van der Waals surface area contributed by atoms with Crippen LogP contribution in [0.3, 0.4) is 0 Å². The number of aromatic nitrogens is 1. The molecule has 0 aliphatic heterocycles. The SMILES string of the molecule is O=C([O-])c1sc(/C=C/c2ccccc2)nc1-c1ccccc1. The summed E-state index contributed by atoms with van der Waals surface area (Å²) < 4.78 is 0. The predicted octanol–water partition coefficient (Wildman–Crippen LogP) is 3.34. The lowest BCUT2D eigenvalue weighted by Crippen LogP contribution is -2.21. The molecule has 0 N–H and O–H groups in total. The van der Waals surface area contributed by atoms with Crippen molar-refractivity contribution < 1.29 is 9.90 Å². The molecule has 0 saturated carbocycles. The first-order chi connectivity index (χ1) is 10.7. The van der Waals surface area contributed by atoms with Crippen LogP contribution in [0.15, 0.2) is 60.7 Å². The molecule has 3 rings (SSSR count). The Morgan fingerprint density at radius 1 is 0.955 bits per heavy atom. The second-order valence-corrected chi connectivity index (χ2v) is 5.66. The van der Waals surface area contributed by atoms with Gasteiger partial charge in [-0.05, 0) is 11.6 Å². The van der Waals surface area contributed by atoms with E-state index in [-0.39, 0.29) is 4.88 Å². The summed E-state index contributed by atoms with van der Waals surface area (Å²) in [6, 6.07) is 19.1. The van der Waals surface area contributed by atoms with Gasteiger partial charge in [-0.3, -0.25) is 0 Å². The third-order valence-corrected chi connectivity index (χ3v) is 4.09. The van der Waals surface area contributed by atoms with Gasteiger partial charge in [0.25, 0.3) is 0 Å². The number of carbonyl (C=O) groups excluding carboxylic acids is 1. The lowest BCUT2D eigenvalue weighted by atomic mass is 10.1. The van der Waals surface area contributed by atoms with Gasteiger partial charge in [0.2, 0.25) is 0 Å². The van der Waals surface area contributed by atoms with Crippen molar-refractivity contribution in [1.29, 1.82) is 0 Å². The molecule has 0 saturated heterocycles. The molecule has 0 aliphatic rings. The van der Waals surface area contributed by atoms with E-state index in [1.807, 2.05) is 72.8 Å². The monoisotopic (exact) mass is 306 g/mol. The number of rotatable bonds is 4. The van der Waals surface area contributed by atoms with Gasteiger partial charge < -0.3 is 9.90 Å². The summed E-state index contributed by atoms with van der Waals surface area (Å²) in [4.78, 5) is 15.9. The highest BCUT2D eigenvalue weighted by atomic mass is 32.1. The zero-order chi connectivity index (χ0) is 15.4. The highest BCUT2D eigenvalue weighted by molar-refractivity contribution is 7.14. The molecular formula is C18H12NO2S-. The van der Waals surface area contributed by atoms with E-state index in [1.54, 1.807) is 0 Å². The lowest BCUT2D eigenvalue weighted by molar-refractivity contribution is -0.254. The van der Waals surface area contributed by atoms with Crippen molar-refractivity contribution in [3.05, 3.63) is 76.1 Å². The zero-order valence-electron chi connectivity index (χ0n) is 11.6. The largest absolute Gasteiger partial charge is 0.544 e. The number of aromatic carboxylic acids is 1. The Bertz CT molecular complexity index is 808. The van der Waals surface area contributed by atoms with Crippen LogP contribution in [0, 0.1) is 0 Å². The summed E-state index contributed by atoms with van der Waals surface area (Å²) in [7, 11) is 0. The number of carbonyl (C=O) groups is 1. The van der Waals surface area contributed by atoms with Crippen LogP contribution in [0.4, 0.5) is 0 Å². The second-order valence-electron chi connectivity index (χ2n) is 4.63. The first kappa shape index (κ1) is 14.2. The molecule has 0 aliphatic carbocycles. The highest BCUT2D eigenvalue weighted by Crippen LogP contribution is 2.28. The Morgan fingerprint density at radius 2 is 1.59 bits per heavy atom. The topological polar surface area (TPSA) is 53.0 Å². The molecule has 0 bridgehead atoms. The number of nitrogens with zero attached hydrogens (tertiary/aromatic N) is 1. The van der Waals surface area contributed by atoms with E-state index >= 15 is 0 Å². The van der Waals surface area contributed by atoms with Crippen molar-refractivity contribution >= 4 is 29.5 Å². The number of carboxylic acid groups (broad SMARTS) is 1. The molecule has 0 amide bonds. The molecule has 1 heterocycles. The predicted molar refractivity (Wildman–Crippen MR) is 87.3 cm³/mol. The molecule has 108 valence electrons. The lowest BCUT2D eigenvalue weighted by Gasteiger charge is -2.01. The first-order valence-corrected chi connectivity index (χ1v) is 7.56. The minimum atomic E-state index is -1.20. The molecule has 4 heteroatoms. The van der Waals surface area contributed by atoms with Gasteiger partial charge in [-0.15, -0.1) is 11.3 Å². The van der Waals surface area contributed by atoms with Crippen molar-refractivity contribution in [2.75, 3.05) is 0 Å². The third kappa shape index (κ3) is 3.13. The maximum atomic E-state index is 11.3. The normalized spacial score (nSPS) is 10.9. The fourth-order valence-electron chi connectivity index (χ4n) is 2.07. The molecule has 0 unspecified atom stereocenters. The summed E-state index contributed by atoms with van der Waals surface area (Å²) in [6.07, 6.45) is 3.73. The Kier molecular flexibility index (Phi) is 4.12. The van der Waals surface area contributed by atoms with Gasteiger partial charge in [-0.2, -0.15) is 0 Å². The van der Waals surface area contributed by atoms with Crippen molar-refractivity contribution in [2.45, 2.75) is 0 Å². The minimum Gasteiger partial charge on any atom is -0.544 e. The summed E-state index contributed by atoms with van der Waals surface area (Å²) >= 11 is 1.12. The molecule has 3 aromatic rings. The average Bonchev–Trinajstić information content (AvgIpc) is 2.99. The first-order valence-electron chi connectivity index (χ1n) is 6.75. The zero-order valence-corrected chi connectivity index (χ0v) is 12.4. The fraction of sp³-hybridized carbons (Fsp3) is 0. The number of thiazole rings is 1. The van der Waals surface area contributed by atoms with E-state index in [9.17, 15) is 9.90 Å². The Hall–Kier alpha value is -2.72. The van der Waals surface area contributed by atoms with Gasteiger partial charge in [0.15, 0.2) is 0 Å². The Labute approximate surface area is 132 Å². The van der Waals surface area contributed by atoms with Gasteiger partial charge in [-0.25, -0.2) is 4.98 Å². The van der Waals surface area contributed by atoms with E-state index in [4.69, 9.17) is 0 Å². The van der Waals surface area contributed by atoms with Gasteiger partial charge in [0, 0.05) is 5.56 Å². The Balaban J connectivity index is 1.97. The second kappa shape index (κ2) is 6.37. The summed E-state index contributed by atoms with van der Waals surface area (Å²) in [5, 5.41) is 12.0. The van der Waals surface area contributed by atoms with Crippen molar-refractivity contribution in [3.63, 3.8) is 0 Å². The quantitative estimate of drug-likeness (QED) is 0.743. The van der Waals surface area contributed by atoms with Crippen LogP contribution in [-0.2, 0) is 0 Å². The van der Waals surface area contributed by atoms with E-state index in [1.165, 1.54) is 0 Å². The average molecular weight is 306 g/mol. The number of benzene rings is 2. The van der Waals surface area contributed by atoms with Gasteiger partial charge in [0.1, 0.15) is 5.01 Å². The van der Waals surface area contributed by atoms with Gasteiger partial charge in [-0.1, -0.05) is 66.7 Å². The van der Waals surface area contributed by atoms with E-state index in [2.05, 4.69) is 4.98 Å². The molecule has 0 radical (unpaired) electrons. The minimum absolute atomic E-state index is 0.152. The maximum absolute atomic E-state index is 11.3. The van der Waals surface area contributed by atoms with Gasteiger partial charge in [0.05, 0.1) is 16.5 Å². The molecular weight excluding hydrogens is 294 g/mol. The van der Waals surface area contributed by atoms with E-state index in [0.717, 1.165) is 22.5 Å². The summed E-state index contributed by atoms with van der Waals surface area (Å²) in [5.41, 5.74) is 2.27. The van der Waals surface area contributed by atoms with Crippen molar-refractivity contribution in [3.8, 4) is 11.3 Å². The van der Waals surface area contributed by atoms with Crippen molar-refractivity contribution in [2.24, 2.45) is 0 Å². The standard InChI is InChI=1S/C18H13NO2S/c20-18(21)17-16(14-9-5-2-6-10-14)19-15(22-17)12-11-13-7-3-1-4-8-13/h1-12H,(H,20,21)/p-1/b12-11+. The van der Waals surface area contributed by atoms with Crippen molar-refractivity contribution in [1.82, 2.24) is 4.98 Å². The summed E-state index contributed by atoms with van der Waals surface area (Å²) in [6.45, 7) is 0. The molecule has 0 spiro atoms.